The number of phenolic OH excluding ortho intramolecular Hbond substituents is 2. The van der Waals surface area contributed by atoms with Crippen molar-refractivity contribution in [3.05, 3.63) is 95.6 Å². The van der Waals surface area contributed by atoms with Crippen LogP contribution in [0.25, 0.3) is 0 Å². The van der Waals surface area contributed by atoms with E-state index in [-0.39, 0.29) is 31.6 Å². The molecule has 0 radical (unpaired) electrons. The lowest BCUT2D eigenvalue weighted by Crippen LogP contribution is -2.42. The number of benzene rings is 3. The summed E-state index contributed by atoms with van der Waals surface area (Å²) in [6, 6.07) is 20.4. The Kier molecular flexibility index (Phi) is 9.21. The summed E-state index contributed by atoms with van der Waals surface area (Å²) >= 11 is 0. The van der Waals surface area contributed by atoms with Gasteiger partial charge in [0.1, 0.15) is 19.3 Å². The van der Waals surface area contributed by atoms with Crippen molar-refractivity contribution >= 4 is 17.8 Å². The summed E-state index contributed by atoms with van der Waals surface area (Å²) in [4.78, 5) is 47.1. The molecular weight excluding hydrogens is 454 g/mol. The number of esters is 1. The van der Waals surface area contributed by atoms with Gasteiger partial charge in [-0.1, -0.05) is 60.7 Å². The second kappa shape index (κ2) is 12.8. The highest BCUT2D eigenvalue weighted by atomic mass is 17.2. The third-order valence-corrected chi connectivity index (χ3v) is 4.91. The van der Waals surface area contributed by atoms with E-state index in [1.54, 1.807) is 24.3 Å². The molecular formula is C26H25NO8. The zero-order chi connectivity index (χ0) is 25.0. The molecule has 0 saturated heterocycles. The van der Waals surface area contributed by atoms with Crippen LogP contribution in [-0.2, 0) is 37.3 Å². The lowest BCUT2D eigenvalue weighted by Gasteiger charge is -2.17. The molecule has 0 bridgehead atoms. The number of nitrogens with one attached hydrogen (secondary N) is 1. The van der Waals surface area contributed by atoms with Crippen molar-refractivity contribution in [1.82, 2.24) is 5.32 Å². The number of carbonyl (C=O) groups is 3. The molecule has 0 aliphatic heterocycles. The normalized spacial score (nSPS) is 11.3. The number of amides is 1. The third-order valence-electron chi connectivity index (χ3n) is 4.91. The van der Waals surface area contributed by atoms with Crippen LogP contribution >= 0.6 is 0 Å². The molecule has 0 saturated carbocycles. The lowest BCUT2D eigenvalue weighted by molar-refractivity contribution is -0.280. The largest absolute Gasteiger partial charge is 0.504 e. The summed E-state index contributed by atoms with van der Waals surface area (Å²) in [7, 11) is 0. The second-order valence-corrected chi connectivity index (χ2v) is 7.56. The molecule has 1 amide bonds. The Balaban J connectivity index is 1.58. The topological polar surface area (TPSA) is 131 Å². The van der Waals surface area contributed by atoms with Crippen molar-refractivity contribution in [2.24, 2.45) is 0 Å². The summed E-state index contributed by atoms with van der Waals surface area (Å²) in [5.74, 6) is -3.05. The molecule has 0 fully saturated rings. The van der Waals surface area contributed by atoms with Crippen LogP contribution in [0, 0.1) is 0 Å². The first-order valence-electron chi connectivity index (χ1n) is 10.8. The molecule has 3 aromatic carbocycles. The average molecular weight is 479 g/mol. The molecule has 9 heteroatoms. The highest BCUT2D eigenvalue weighted by Gasteiger charge is 2.25. The van der Waals surface area contributed by atoms with E-state index in [0.29, 0.717) is 0 Å². The number of ether oxygens (including phenoxy) is 1. The Morgan fingerprint density at radius 1 is 0.800 bits per heavy atom. The van der Waals surface area contributed by atoms with Crippen molar-refractivity contribution in [2.75, 3.05) is 0 Å². The summed E-state index contributed by atoms with van der Waals surface area (Å²) in [6.45, 7) is 0.0485. The first kappa shape index (κ1) is 25.3. The summed E-state index contributed by atoms with van der Waals surface area (Å²) in [5, 5.41) is 21.6. The quantitative estimate of drug-likeness (QED) is 0.165. The van der Waals surface area contributed by atoms with Gasteiger partial charge in [0.25, 0.3) is 5.91 Å². The molecule has 3 aromatic rings. The van der Waals surface area contributed by atoms with Crippen molar-refractivity contribution in [3.8, 4) is 11.5 Å². The summed E-state index contributed by atoms with van der Waals surface area (Å²) in [5.41, 5.74) is 1.57. The monoisotopic (exact) mass is 479 g/mol. The van der Waals surface area contributed by atoms with Gasteiger partial charge in [-0.05, 0) is 35.7 Å². The van der Waals surface area contributed by atoms with Crippen LogP contribution < -0.4 is 5.32 Å². The summed E-state index contributed by atoms with van der Waals surface area (Å²) < 4.78 is 5.31. The van der Waals surface area contributed by atoms with Gasteiger partial charge in [0, 0.05) is 5.56 Å². The predicted molar refractivity (Wildman–Crippen MR) is 124 cm³/mol. The van der Waals surface area contributed by atoms with Gasteiger partial charge in [-0.15, -0.1) is 0 Å². The molecule has 35 heavy (non-hydrogen) atoms. The number of carbonyl (C=O) groups excluding carboxylic acids is 3. The predicted octanol–water partition coefficient (Wildman–Crippen LogP) is 3.39. The fourth-order valence-corrected chi connectivity index (χ4v) is 3.03. The van der Waals surface area contributed by atoms with E-state index in [4.69, 9.17) is 14.5 Å². The number of hydrogen-bond donors (Lipinski definition) is 3. The molecule has 0 spiro atoms. The highest BCUT2D eigenvalue weighted by Crippen LogP contribution is 2.25. The number of rotatable bonds is 11. The average Bonchev–Trinajstić information content (AvgIpc) is 2.87. The third kappa shape index (κ3) is 8.17. The maximum atomic E-state index is 12.7. The van der Waals surface area contributed by atoms with Crippen molar-refractivity contribution in [3.63, 3.8) is 0 Å². The first-order chi connectivity index (χ1) is 16.9. The molecule has 182 valence electrons. The van der Waals surface area contributed by atoms with E-state index in [0.717, 1.165) is 23.3 Å². The maximum Gasteiger partial charge on any atom is 0.342 e. The highest BCUT2D eigenvalue weighted by molar-refractivity contribution is 5.97. The van der Waals surface area contributed by atoms with Gasteiger partial charge in [-0.3, -0.25) is 9.68 Å². The Morgan fingerprint density at radius 2 is 1.43 bits per heavy atom. The molecule has 3 rings (SSSR count). The molecule has 0 aromatic heterocycles. The van der Waals surface area contributed by atoms with Gasteiger partial charge in [0.05, 0.1) is 6.42 Å². The Bertz CT molecular complexity index is 1130. The second-order valence-electron chi connectivity index (χ2n) is 7.56. The van der Waals surface area contributed by atoms with Gasteiger partial charge >= 0.3 is 11.9 Å². The fourth-order valence-electron chi connectivity index (χ4n) is 3.03. The smallest absolute Gasteiger partial charge is 0.342 e. The lowest BCUT2D eigenvalue weighted by atomic mass is 10.1. The summed E-state index contributed by atoms with van der Waals surface area (Å²) in [6.07, 6.45) is -0.349. The zero-order valence-corrected chi connectivity index (χ0v) is 18.8. The van der Waals surface area contributed by atoms with Crippen LogP contribution in [0.2, 0.25) is 0 Å². The van der Waals surface area contributed by atoms with Crippen LogP contribution in [0.5, 0.6) is 11.5 Å². The van der Waals surface area contributed by atoms with Gasteiger partial charge in [0.15, 0.2) is 11.5 Å². The van der Waals surface area contributed by atoms with Crippen LogP contribution in [0.1, 0.15) is 34.3 Å². The van der Waals surface area contributed by atoms with E-state index in [1.165, 1.54) is 6.07 Å². The minimum Gasteiger partial charge on any atom is -0.504 e. The SMILES string of the molecule is O=C(CC[C@H](NC(=O)c1ccc(O)c(O)c1)C(=O)OCc1ccccc1)OOCc1ccccc1. The molecule has 0 aliphatic carbocycles. The van der Waals surface area contributed by atoms with Crippen molar-refractivity contribution < 1.29 is 39.1 Å². The minimum atomic E-state index is -1.18. The van der Waals surface area contributed by atoms with Crippen LogP contribution in [0.3, 0.4) is 0 Å². The van der Waals surface area contributed by atoms with Gasteiger partial charge in [-0.25, -0.2) is 9.59 Å². The molecule has 0 heterocycles. The van der Waals surface area contributed by atoms with E-state index in [1.807, 2.05) is 36.4 Å². The van der Waals surface area contributed by atoms with E-state index in [9.17, 15) is 24.6 Å². The number of phenols is 2. The Labute approximate surface area is 201 Å². The van der Waals surface area contributed by atoms with Crippen LogP contribution in [0.4, 0.5) is 0 Å². The fraction of sp³-hybridized carbons (Fsp3) is 0.192. The van der Waals surface area contributed by atoms with Gasteiger partial charge in [-0.2, -0.15) is 4.89 Å². The molecule has 1 atom stereocenters. The van der Waals surface area contributed by atoms with Crippen molar-refractivity contribution in [1.29, 1.82) is 0 Å². The van der Waals surface area contributed by atoms with Crippen molar-refractivity contribution in [2.45, 2.75) is 32.1 Å². The molecule has 3 N–H and O–H groups in total. The van der Waals surface area contributed by atoms with Crippen LogP contribution in [-0.4, -0.2) is 34.1 Å². The van der Waals surface area contributed by atoms with E-state index in [2.05, 4.69) is 5.32 Å². The molecule has 0 unspecified atom stereocenters. The maximum absolute atomic E-state index is 12.7. The number of aromatic hydroxyl groups is 2. The van der Waals surface area contributed by atoms with E-state index >= 15 is 0 Å². The van der Waals surface area contributed by atoms with Gasteiger partial charge < -0.3 is 20.3 Å². The minimum absolute atomic E-state index is 0.00919. The van der Waals surface area contributed by atoms with E-state index < -0.39 is 35.4 Å². The molecule has 0 aliphatic rings. The first-order valence-corrected chi connectivity index (χ1v) is 10.8. The van der Waals surface area contributed by atoms with Crippen LogP contribution in [0.15, 0.2) is 78.9 Å². The Hall–Kier alpha value is -4.37. The standard InChI is InChI=1S/C26H25NO8/c28-22-13-11-20(15-23(22)29)25(31)27-21(26(32)33-16-18-7-3-1-4-8-18)12-14-24(30)35-34-17-19-9-5-2-6-10-19/h1-11,13,15,21,28-29H,12,14,16-17H2,(H,27,31)/t21-/m0/s1. The zero-order valence-electron chi connectivity index (χ0n) is 18.8. The molecule has 9 nitrogen and oxygen atoms in total. The Morgan fingerprint density at radius 3 is 2.06 bits per heavy atom. The van der Waals surface area contributed by atoms with Gasteiger partial charge in [0.2, 0.25) is 0 Å². The number of hydrogen-bond acceptors (Lipinski definition) is 8.